The van der Waals surface area contributed by atoms with Crippen LogP contribution in [0.3, 0.4) is 0 Å². The number of hydrogen-bond acceptors (Lipinski definition) is 2. The number of amides is 1. The van der Waals surface area contributed by atoms with Crippen molar-refractivity contribution in [3.63, 3.8) is 0 Å². The Hall–Kier alpha value is -0.850. The van der Waals surface area contributed by atoms with E-state index in [1.807, 2.05) is 12.1 Å². The Kier molecular flexibility index (Phi) is 2.96. The van der Waals surface area contributed by atoms with E-state index in [1.54, 1.807) is 11.1 Å². The Balaban J connectivity index is 2.02. The Labute approximate surface area is 120 Å². The molecule has 0 radical (unpaired) electrons. The van der Waals surface area contributed by atoms with E-state index in [1.165, 1.54) is 0 Å². The zero-order valence-electron chi connectivity index (χ0n) is 9.28. The van der Waals surface area contributed by atoms with Gasteiger partial charge in [-0.3, -0.25) is 4.79 Å². The van der Waals surface area contributed by atoms with Gasteiger partial charge in [-0.05, 0) is 44.0 Å². The third kappa shape index (κ3) is 1.88. The summed E-state index contributed by atoms with van der Waals surface area (Å²) in [5.41, 5.74) is 1.56. The molecular weight excluding hydrogens is 364 g/mol. The van der Waals surface area contributed by atoms with Crippen LogP contribution in [-0.4, -0.2) is 40.1 Å². The highest BCUT2D eigenvalue weighted by Crippen LogP contribution is 2.31. The van der Waals surface area contributed by atoms with Crippen LogP contribution in [0.25, 0.3) is 10.9 Å². The van der Waals surface area contributed by atoms with E-state index in [-0.39, 0.29) is 12.0 Å². The van der Waals surface area contributed by atoms with Gasteiger partial charge in [0.05, 0.1) is 11.7 Å². The molecule has 0 spiro atoms. The molecular formula is C12H10Br2N2O2. The van der Waals surface area contributed by atoms with Crippen LogP contribution in [-0.2, 0) is 0 Å². The molecule has 94 valence electrons. The van der Waals surface area contributed by atoms with E-state index >= 15 is 0 Å². The van der Waals surface area contributed by atoms with Crippen molar-refractivity contribution in [3.05, 3.63) is 32.8 Å². The second kappa shape index (κ2) is 4.36. The minimum atomic E-state index is -0.375. The fourth-order valence-electron chi connectivity index (χ4n) is 2.09. The molecule has 2 N–H and O–H groups in total. The van der Waals surface area contributed by atoms with Crippen molar-refractivity contribution in [1.29, 1.82) is 0 Å². The van der Waals surface area contributed by atoms with Crippen molar-refractivity contribution >= 4 is 48.7 Å². The van der Waals surface area contributed by atoms with Crippen molar-refractivity contribution in [2.75, 3.05) is 13.1 Å². The van der Waals surface area contributed by atoms with Crippen LogP contribution in [0.5, 0.6) is 0 Å². The van der Waals surface area contributed by atoms with Gasteiger partial charge < -0.3 is 15.0 Å². The van der Waals surface area contributed by atoms with E-state index in [4.69, 9.17) is 0 Å². The van der Waals surface area contributed by atoms with E-state index < -0.39 is 0 Å². The number of benzene rings is 1. The number of nitrogens with zero attached hydrogens (tertiary/aromatic N) is 1. The zero-order valence-corrected chi connectivity index (χ0v) is 12.5. The number of rotatable bonds is 1. The van der Waals surface area contributed by atoms with Crippen molar-refractivity contribution in [1.82, 2.24) is 9.88 Å². The van der Waals surface area contributed by atoms with Crippen LogP contribution in [0.15, 0.2) is 27.3 Å². The summed E-state index contributed by atoms with van der Waals surface area (Å²) in [6, 6.07) is 3.85. The average Bonchev–Trinajstić information content (AvgIpc) is 2.68. The van der Waals surface area contributed by atoms with Gasteiger partial charge in [-0.1, -0.05) is 0 Å². The number of carbonyl (C=O) groups excluding carboxylic acids is 1. The summed E-state index contributed by atoms with van der Waals surface area (Å²) in [6.45, 7) is 0.840. The monoisotopic (exact) mass is 372 g/mol. The summed E-state index contributed by atoms with van der Waals surface area (Å²) >= 11 is 6.87. The van der Waals surface area contributed by atoms with E-state index in [0.29, 0.717) is 18.7 Å². The number of β-amino-alcohol motifs (C(OH)–C–C–N with tert-alkyl or cyclic N) is 1. The molecule has 4 nitrogen and oxygen atoms in total. The number of aromatic amines is 1. The highest BCUT2D eigenvalue weighted by Gasteiger charge is 2.30. The summed E-state index contributed by atoms with van der Waals surface area (Å²) in [5, 5.41) is 10.1. The second-order valence-electron chi connectivity index (χ2n) is 4.38. The number of H-pyrrole nitrogens is 1. The molecule has 2 heterocycles. The van der Waals surface area contributed by atoms with Crippen molar-refractivity contribution in [2.24, 2.45) is 0 Å². The van der Waals surface area contributed by atoms with Gasteiger partial charge in [0.25, 0.3) is 5.91 Å². The molecule has 1 aromatic carbocycles. The second-order valence-corrected chi connectivity index (χ2v) is 6.09. The molecule has 0 bridgehead atoms. The van der Waals surface area contributed by atoms with Crippen LogP contribution >= 0.6 is 31.9 Å². The molecule has 3 rings (SSSR count). The summed E-state index contributed by atoms with van der Waals surface area (Å²) < 4.78 is 1.85. The van der Waals surface area contributed by atoms with Crippen LogP contribution in [0.1, 0.15) is 10.4 Å². The molecule has 2 aromatic rings. The lowest BCUT2D eigenvalue weighted by Gasteiger charge is -2.35. The Morgan fingerprint density at radius 2 is 2.00 bits per heavy atom. The Morgan fingerprint density at radius 1 is 1.33 bits per heavy atom. The number of aliphatic hydroxyl groups is 1. The normalized spacial score (nSPS) is 16.1. The first kappa shape index (κ1) is 12.2. The lowest BCUT2D eigenvalue weighted by atomic mass is 10.1. The molecule has 1 aliphatic rings. The molecule has 1 aromatic heterocycles. The first-order valence-corrected chi connectivity index (χ1v) is 7.08. The molecule has 0 atom stereocenters. The number of aliphatic hydroxyl groups excluding tert-OH is 1. The number of hydrogen-bond donors (Lipinski definition) is 2. The van der Waals surface area contributed by atoms with Gasteiger partial charge in [0.2, 0.25) is 0 Å². The van der Waals surface area contributed by atoms with Crippen LogP contribution < -0.4 is 0 Å². The summed E-state index contributed by atoms with van der Waals surface area (Å²) in [6.07, 6.45) is 1.34. The van der Waals surface area contributed by atoms with Crippen LogP contribution in [0.4, 0.5) is 0 Å². The van der Waals surface area contributed by atoms with Crippen molar-refractivity contribution in [3.8, 4) is 0 Å². The molecule has 0 aliphatic carbocycles. The minimum absolute atomic E-state index is 0.0410. The quantitative estimate of drug-likeness (QED) is 0.806. The predicted octanol–water partition coefficient (Wildman–Crippen LogP) is 2.51. The minimum Gasteiger partial charge on any atom is -0.389 e. The molecule has 1 aliphatic heterocycles. The molecule has 1 fully saturated rings. The largest absolute Gasteiger partial charge is 0.389 e. The maximum Gasteiger partial charge on any atom is 0.256 e. The first-order valence-electron chi connectivity index (χ1n) is 5.49. The third-order valence-corrected chi connectivity index (χ3v) is 4.95. The molecule has 18 heavy (non-hydrogen) atoms. The van der Waals surface area contributed by atoms with Crippen LogP contribution in [0.2, 0.25) is 0 Å². The van der Waals surface area contributed by atoms with E-state index in [0.717, 1.165) is 19.8 Å². The molecule has 0 unspecified atom stereocenters. The number of fused-ring (bicyclic) bond motifs is 1. The summed E-state index contributed by atoms with van der Waals surface area (Å²) in [7, 11) is 0. The highest BCUT2D eigenvalue weighted by molar-refractivity contribution is 9.13. The number of likely N-dealkylation sites (tertiary alicyclic amines) is 1. The van der Waals surface area contributed by atoms with Gasteiger partial charge >= 0.3 is 0 Å². The fraction of sp³-hybridized carbons (Fsp3) is 0.250. The zero-order chi connectivity index (χ0) is 12.9. The molecule has 0 saturated carbocycles. The topological polar surface area (TPSA) is 56.3 Å². The average molecular weight is 374 g/mol. The van der Waals surface area contributed by atoms with E-state index in [9.17, 15) is 9.90 Å². The standard InChI is InChI=1S/C12H10Br2N2O2/c13-9-1-7-8(3-15-11(7)2-10(9)14)12(18)16-4-6(17)5-16/h1-3,6,15,17H,4-5H2. The van der Waals surface area contributed by atoms with Gasteiger partial charge in [0.15, 0.2) is 0 Å². The van der Waals surface area contributed by atoms with Crippen LogP contribution in [0, 0.1) is 0 Å². The predicted molar refractivity (Wildman–Crippen MR) is 75.6 cm³/mol. The number of nitrogens with one attached hydrogen (secondary N) is 1. The fourth-order valence-corrected chi connectivity index (χ4v) is 2.77. The summed E-state index contributed by atoms with van der Waals surface area (Å²) in [5.74, 6) is -0.0410. The van der Waals surface area contributed by atoms with Gasteiger partial charge in [0.1, 0.15) is 0 Å². The Morgan fingerprint density at radius 3 is 2.67 bits per heavy atom. The smallest absolute Gasteiger partial charge is 0.256 e. The number of carbonyl (C=O) groups is 1. The van der Waals surface area contributed by atoms with Gasteiger partial charge in [-0.25, -0.2) is 0 Å². The van der Waals surface area contributed by atoms with Crippen molar-refractivity contribution in [2.45, 2.75) is 6.10 Å². The van der Waals surface area contributed by atoms with Crippen molar-refractivity contribution < 1.29 is 9.90 Å². The number of aromatic nitrogens is 1. The lowest BCUT2D eigenvalue weighted by molar-refractivity contribution is 0.00603. The van der Waals surface area contributed by atoms with E-state index in [2.05, 4.69) is 36.8 Å². The first-order chi connectivity index (χ1) is 8.56. The third-order valence-electron chi connectivity index (χ3n) is 3.10. The SMILES string of the molecule is O=C(c1c[nH]c2cc(Br)c(Br)cc12)N1CC(O)C1. The van der Waals surface area contributed by atoms with Gasteiger partial charge in [-0.15, -0.1) is 0 Å². The van der Waals surface area contributed by atoms with Gasteiger partial charge in [-0.2, -0.15) is 0 Å². The molecule has 1 saturated heterocycles. The summed E-state index contributed by atoms with van der Waals surface area (Å²) in [4.78, 5) is 16.9. The van der Waals surface area contributed by atoms with Gasteiger partial charge in [0, 0.05) is 39.1 Å². The maximum absolute atomic E-state index is 12.2. The maximum atomic E-state index is 12.2. The Bertz CT molecular complexity index is 632. The molecule has 6 heteroatoms. The lowest BCUT2D eigenvalue weighted by Crippen LogP contribution is -2.53. The molecule has 1 amide bonds. The number of halogens is 2. The highest BCUT2D eigenvalue weighted by atomic mass is 79.9.